The van der Waals surface area contributed by atoms with Crippen LogP contribution in [0.1, 0.15) is 17.3 Å². The van der Waals surface area contributed by atoms with Crippen LogP contribution in [0.4, 0.5) is 0 Å². The summed E-state index contributed by atoms with van der Waals surface area (Å²) in [4.78, 5) is 0. The van der Waals surface area contributed by atoms with Crippen molar-refractivity contribution in [3.63, 3.8) is 0 Å². The Balaban J connectivity index is 2.50. The van der Waals surface area contributed by atoms with E-state index in [0.29, 0.717) is 5.75 Å². The lowest BCUT2D eigenvalue weighted by atomic mass is 10.0. The van der Waals surface area contributed by atoms with Crippen LogP contribution in [-0.2, 0) is 7.05 Å². The van der Waals surface area contributed by atoms with E-state index in [0.717, 1.165) is 20.2 Å². The highest BCUT2D eigenvalue weighted by atomic mass is 79.9. The molecule has 0 aliphatic heterocycles. The number of hydrogen-bond acceptors (Lipinski definition) is 3. The van der Waals surface area contributed by atoms with Crippen molar-refractivity contribution in [3.05, 3.63) is 44.6 Å². The van der Waals surface area contributed by atoms with Crippen molar-refractivity contribution >= 4 is 31.9 Å². The standard InChI is InChI=1S/C12H13Br2N3O/c1-17-12(10(18-2)6-16-17)11(15)8-5-7(13)3-4-9(8)14/h3-6,11H,15H2,1-2H3. The van der Waals surface area contributed by atoms with Crippen LogP contribution in [0, 0.1) is 0 Å². The maximum atomic E-state index is 6.32. The summed E-state index contributed by atoms with van der Waals surface area (Å²) in [6.45, 7) is 0. The third kappa shape index (κ3) is 2.46. The van der Waals surface area contributed by atoms with Crippen molar-refractivity contribution in [1.29, 1.82) is 0 Å². The zero-order valence-corrected chi connectivity index (χ0v) is 13.2. The first-order valence-electron chi connectivity index (χ1n) is 5.31. The Bertz CT molecular complexity index is 568. The molecule has 0 amide bonds. The van der Waals surface area contributed by atoms with E-state index >= 15 is 0 Å². The fraction of sp³-hybridized carbons (Fsp3) is 0.250. The first-order chi connectivity index (χ1) is 8.54. The molecule has 0 aliphatic rings. The van der Waals surface area contributed by atoms with E-state index in [-0.39, 0.29) is 6.04 Å². The van der Waals surface area contributed by atoms with Crippen LogP contribution in [0.25, 0.3) is 0 Å². The lowest BCUT2D eigenvalue weighted by molar-refractivity contribution is 0.406. The first kappa shape index (κ1) is 13.6. The summed E-state index contributed by atoms with van der Waals surface area (Å²) < 4.78 is 8.96. The molecule has 96 valence electrons. The second-order valence-corrected chi connectivity index (χ2v) is 5.64. The Kier molecular flexibility index (Phi) is 4.09. The summed E-state index contributed by atoms with van der Waals surface area (Å²) >= 11 is 6.97. The van der Waals surface area contributed by atoms with Gasteiger partial charge in [-0.2, -0.15) is 5.10 Å². The molecule has 2 aromatic rings. The van der Waals surface area contributed by atoms with Crippen LogP contribution < -0.4 is 10.5 Å². The van der Waals surface area contributed by atoms with Crippen LogP contribution in [0.5, 0.6) is 5.75 Å². The molecule has 0 saturated carbocycles. The minimum absolute atomic E-state index is 0.306. The van der Waals surface area contributed by atoms with Gasteiger partial charge in [-0.3, -0.25) is 4.68 Å². The molecule has 1 unspecified atom stereocenters. The van der Waals surface area contributed by atoms with Gasteiger partial charge in [0.05, 0.1) is 19.3 Å². The Labute approximate surface area is 122 Å². The first-order valence-corrected chi connectivity index (χ1v) is 6.89. The number of halogens is 2. The Morgan fingerprint density at radius 1 is 1.39 bits per heavy atom. The van der Waals surface area contributed by atoms with Crippen LogP contribution in [0.2, 0.25) is 0 Å². The van der Waals surface area contributed by atoms with E-state index in [4.69, 9.17) is 10.5 Å². The number of rotatable bonds is 3. The van der Waals surface area contributed by atoms with Crippen LogP contribution in [0.3, 0.4) is 0 Å². The summed E-state index contributed by atoms with van der Waals surface area (Å²) in [7, 11) is 3.47. The fourth-order valence-corrected chi connectivity index (χ4v) is 2.71. The average molecular weight is 375 g/mol. The van der Waals surface area contributed by atoms with Gasteiger partial charge in [0, 0.05) is 16.0 Å². The zero-order chi connectivity index (χ0) is 13.3. The second kappa shape index (κ2) is 5.42. The van der Waals surface area contributed by atoms with Crippen molar-refractivity contribution in [2.24, 2.45) is 12.8 Å². The molecule has 0 radical (unpaired) electrons. The van der Waals surface area contributed by atoms with Gasteiger partial charge in [0.1, 0.15) is 5.69 Å². The highest BCUT2D eigenvalue weighted by Gasteiger charge is 2.20. The number of aromatic nitrogens is 2. The van der Waals surface area contributed by atoms with Gasteiger partial charge in [-0.05, 0) is 23.8 Å². The summed E-state index contributed by atoms with van der Waals surface area (Å²) in [5.74, 6) is 0.692. The molecule has 0 saturated heterocycles. The minimum atomic E-state index is -0.306. The van der Waals surface area contributed by atoms with Crippen molar-refractivity contribution in [2.45, 2.75) is 6.04 Å². The van der Waals surface area contributed by atoms with Crippen LogP contribution >= 0.6 is 31.9 Å². The van der Waals surface area contributed by atoms with Gasteiger partial charge < -0.3 is 10.5 Å². The molecule has 0 fully saturated rings. The molecule has 18 heavy (non-hydrogen) atoms. The van der Waals surface area contributed by atoms with E-state index < -0.39 is 0 Å². The maximum absolute atomic E-state index is 6.32. The van der Waals surface area contributed by atoms with Gasteiger partial charge in [0.15, 0.2) is 5.75 Å². The van der Waals surface area contributed by atoms with Gasteiger partial charge >= 0.3 is 0 Å². The minimum Gasteiger partial charge on any atom is -0.493 e. The average Bonchev–Trinajstić information content (AvgIpc) is 2.72. The van der Waals surface area contributed by atoms with Crippen LogP contribution in [0.15, 0.2) is 33.3 Å². The molecule has 0 aliphatic carbocycles. The number of benzene rings is 1. The molecule has 1 aromatic carbocycles. The monoisotopic (exact) mass is 373 g/mol. The predicted octanol–water partition coefficient (Wildman–Crippen LogP) is 3.00. The normalized spacial score (nSPS) is 12.5. The molecule has 1 heterocycles. The van der Waals surface area contributed by atoms with E-state index in [1.54, 1.807) is 18.0 Å². The van der Waals surface area contributed by atoms with Gasteiger partial charge in [0.25, 0.3) is 0 Å². The second-order valence-electron chi connectivity index (χ2n) is 3.87. The molecule has 0 spiro atoms. The van der Waals surface area contributed by atoms with E-state index in [2.05, 4.69) is 37.0 Å². The molecule has 4 nitrogen and oxygen atoms in total. The third-order valence-electron chi connectivity index (χ3n) is 2.76. The molecule has 0 bridgehead atoms. The highest BCUT2D eigenvalue weighted by molar-refractivity contribution is 9.11. The number of hydrogen-bond donors (Lipinski definition) is 1. The summed E-state index contributed by atoms with van der Waals surface area (Å²) in [5, 5.41) is 4.17. The van der Waals surface area contributed by atoms with Gasteiger partial charge in [-0.15, -0.1) is 0 Å². The maximum Gasteiger partial charge on any atom is 0.161 e. The van der Waals surface area contributed by atoms with Crippen molar-refractivity contribution in [1.82, 2.24) is 9.78 Å². The quantitative estimate of drug-likeness (QED) is 0.898. The zero-order valence-electron chi connectivity index (χ0n) is 10.0. The molecule has 1 aromatic heterocycles. The van der Waals surface area contributed by atoms with Crippen molar-refractivity contribution in [2.75, 3.05) is 7.11 Å². The molecule has 6 heteroatoms. The van der Waals surface area contributed by atoms with Crippen LogP contribution in [-0.4, -0.2) is 16.9 Å². The summed E-state index contributed by atoms with van der Waals surface area (Å²) in [6.07, 6.45) is 1.67. The van der Waals surface area contributed by atoms with Gasteiger partial charge in [0.2, 0.25) is 0 Å². The number of methoxy groups -OCH3 is 1. The Morgan fingerprint density at radius 3 is 2.78 bits per heavy atom. The highest BCUT2D eigenvalue weighted by Crippen LogP contribution is 2.33. The fourth-order valence-electron chi connectivity index (χ4n) is 1.84. The van der Waals surface area contributed by atoms with Crippen molar-refractivity contribution < 1.29 is 4.74 Å². The molecular weight excluding hydrogens is 362 g/mol. The number of nitrogens with zero attached hydrogens (tertiary/aromatic N) is 2. The SMILES string of the molecule is COc1cnn(C)c1C(N)c1cc(Br)ccc1Br. The smallest absolute Gasteiger partial charge is 0.161 e. The van der Waals surface area contributed by atoms with E-state index in [1.807, 2.05) is 25.2 Å². The predicted molar refractivity (Wildman–Crippen MR) is 77.6 cm³/mol. The largest absolute Gasteiger partial charge is 0.493 e. The van der Waals surface area contributed by atoms with Gasteiger partial charge in [-0.1, -0.05) is 31.9 Å². The Morgan fingerprint density at radius 2 is 2.11 bits per heavy atom. The summed E-state index contributed by atoms with van der Waals surface area (Å²) in [6, 6.07) is 5.60. The number of aryl methyl sites for hydroxylation is 1. The lowest BCUT2D eigenvalue weighted by Gasteiger charge is -2.16. The number of ether oxygens (including phenoxy) is 1. The van der Waals surface area contributed by atoms with E-state index in [9.17, 15) is 0 Å². The molecule has 1 atom stereocenters. The third-order valence-corrected chi connectivity index (χ3v) is 3.97. The summed E-state index contributed by atoms with van der Waals surface area (Å²) in [5.41, 5.74) is 8.14. The molecule has 2 N–H and O–H groups in total. The Hall–Kier alpha value is -0.850. The van der Waals surface area contributed by atoms with Crippen molar-refractivity contribution in [3.8, 4) is 5.75 Å². The number of nitrogens with two attached hydrogens (primary N) is 1. The van der Waals surface area contributed by atoms with E-state index in [1.165, 1.54) is 0 Å². The lowest BCUT2D eigenvalue weighted by Crippen LogP contribution is -2.17. The molecular formula is C12H13Br2N3O. The van der Waals surface area contributed by atoms with Gasteiger partial charge in [-0.25, -0.2) is 0 Å². The molecule has 2 rings (SSSR count). The topological polar surface area (TPSA) is 53.1 Å².